The quantitative estimate of drug-likeness (QED) is 0.152. The fourth-order valence-electron chi connectivity index (χ4n) is 4.09. The van der Waals surface area contributed by atoms with Gasteiger partial charge in [0, 0.05) is 11.8 Å². The molecule has 12 heteroatoms. The van der Waals surface area contributed by atoms with Crippen molar-refractivity contribution in [2.24, 2.45) is 0 Å². The molecular formula is C23H19FIN7O3. The number of fused-ring (bicyclic) bond motifs is 2. The molecule has 1 atom stereocenters. The van der Waals surface area contributed by atoms with E-state index in [4.69, 9.17) is 4.74 Å². The highest BCUT2D eigenvalue weighted by Gasteiger charge is 2.53. The lowest BCUT2D eigenvalue weighted by molar-refractivity contribution is -0.152. The van der Waals surface area contributed by atoms with Crippen molar-refractivity contribution in [1.29, 1.82) is 0 Å². The number of rotatable bonds is 6. The summed E-state index contributed by atoms with van der Waals surface area (Å²) in [6, 6.07) is 10.0. The number of halogens is 2. The van der Waals surface area contributed by atoms with E-state index in [0.29, 0.717) is 27.9 Å². The topological polar surface area (TPSA) is 124 Å². The molecule has 1 aliphatic rings. The Hall–Kier alpha value is -3.68. The van der Waals surface area contributed by atoms with Gasteiger partial charge in [0.05, 0.1) is 47.0 Å². The molecule has 1 amide bonds. The highest BCUT2D eigenvalue weighted by Crippen LogP contribution is 2.43. The third kappa shape index (κ3) is 3.68. The number of amides is 1. The molecule has 1 aromatic carbocycles. The maximum absolute atomic E-state index is 14.3. The summed E-state index contributed by atoms with van der Waals surface area (Å²) in [7, 11) is 0. The van der Waals surface area contributed by atoms with E-state index in [1.54, 1.807) is 42.1 Å². The molecule has 4 heterocycles. The van der Waals surface area contributed by atoms with Crippen LogP contribution in [0.2, 0.25) is 0 Å². The number of esters is 1. The van der Waals surface area contributed by atoms with Crippen LogP contribution >= 0.6 is 22.9 Å². The number of nitrogens with zero attached hydrogens (tertiary/aromatic N) is 5. The van der Waals surface area contributed by atoms with Gasteiger partial charge in [0.15, 0.2) is 16.9 Å². The molecule has 3 aromatic heterocycles. The van der Waals surface area contributed by atoms with Crippen LogP contribution in [-0.4, -0.2) is 43.2 Å². The summed E-state index contributed by atoms with van der Waals surface area (Å²) in [5.74, 6) is -0.914. The number of benzene rings is 1. The average Bonchev–Trinajstić information content (AvgIpc) is 3.35. The minimum Gasteiger partial charge on any atom is -0.465 e. The first-order chi connectivity index (χ1) is 16.9. The Labute approximate surface area is 212 Å². The van der Waals surface area contributed by atoms with Crippen LogP contribution in [0.4, 0.5) is 16.0 Å². The number of aromatic nitrogens is 5. The number of ether oxygens (including phenoxy) is 1. The maximum Gasteiger partial charge on any atom is 0.326 e. The van der Waals surface area contributed by atoms with Crippen molar-refractivity contribution in [2.75, 3.05) is 15.5 Å². The number of carbonyl (C=O) groups excluding carboxylic acids is 2. The maximum atomic E-state index is 14.3. The number of anilines is 2. The predicted molar refractivity (Wildman–Crippen MR) is 134 cm³/mol. The first-order valence-corrected chi connectivity index (χ1v) is 11.8. The summed E-state index contributed by atoms with van der Waals surface area (Å²) in [4.78, 5) is 39.1. The molecule has 1 unspecified atom stereocenters. The number of carbonyl (C=O) groups is 2. The Kier molecular flexibility index (Phi) is 5.83. The zero-order chi connectivity index (χ0) is 24.7. The number of pyridine rings is 1. The predicted octanol–water partition coefficient (Wildman–Crippen LogP) is 3.61. The van der Waals surface area contributed by atoms with Crippen molar-refractivity contribution in [3.63, 3.8) is 0 Å². The summed E-state index contributed by atoms with van der Waals surface area (Å²) in [6.45, 7) is 3.43. The van der Waals surface area contributed by atoms with E-state index in [9.17, 15) is 14.0 Å². The first-order valence-electron chi connectivity index (χ1n) is 10.7. The Morgan fingerprint density at radius 2 is 2.06 bits per heavy atom. The number of hydrogen-bond donors (Lipinski definition) is 2. The number of hydrogen-bond acceptors (Lipinski definition) is 8. The van der Waals surface area contributed by atoms with E-state index in [1.807, 2.05) is 28.9 Å². The lowest BCUT2D eigenvalue weighted by atomic mass is 9.84. The summed E-state index contributed by atoms with van der Waals surface area (Å²) in [5, 5.41) is 7.98. The van der Waals surface area contributed by atoms with Crippen LogP contribution in [0.1, 0.15) is 25.0 Å². The Morgan fingerprint density at radius 1 is 1.26 bits per heavy atom. The molecule has 0 saturated carbocycles. The Morgan fingerprint density at radius 3 is 2.80 bits per heavy atom. The SMILES string of the molecule is CCOC(=O)C1(C)C(=O)Nc2nc(-c3nn(Cc4ccccc4F)c4ncccc34)nc(NI)c21. The zero-order valence-corrected chi connectivity index (χ0v) is 20.8. The zero-order valence-electron chi connectivity index (χ0n) is 18.7. The molecule has 1 aliphatic heterocycles. The molecular weight excluding hydrogens is 568 g/mol. The van der Waals surface area contributed by atoms with Gasteiger partial charge < -0.3 is 13.6 Å². The third-order valence-electron chi connectivity index (χ3n) is 5.87. The van der Waals surface area contributed by atoms with Gasteiger partial charge in [0.1, 0.15) is 23.1 Å². The largest absolute Gasteiger partial charge is 0.465 e. The molecule has 178 valence electrons. The van der Waals surface area contributed by atoms with Gasteiger partial charge in [-0.15, -0.1) is 0 Å². The smallest absolute Gasteiger partial charge is 0.326 e. The lowest BCUT2D eigenvalue weighted by Crippen LogP contribution is -2.41. The minimum absolute atomic E-state index is 0.126. The van der Waals surface area contributed by atoms with E-state index >= 15 is 0 Å². The van der Waals surface area contributed by atoms with E-state index in [1.165, 1.54) is 13.0 Å². The van der Waals surface area contributed by atoms with Crippen molar-refractivity contribution in [2.45, 2.75) is 25.8 Å². The molecule has 0 bridgehead atoms. The van der Waals surface area contributed by atoms with Crippen LogP contribution < -0.4 is 8.85 Å². The van der Waals surface area contributed by atoms with Gasteiger partial charge in [-0.3, -0.25) is 9.59 Å². The van der Waals surface area contributed by atoms with Gasteiger partial charge in [-0.2, -0.15) is 5.10 Å². The molecule has 2 N–H and O–H groups in total. The molecule has 0 fully saturated rings. The highest BCUT2D eigenvalue weighted by molar-refractivity contribution is 14.1. The normalized spacial score (nSPS) is 16.7. The van der Waals surface area contributed by atoms with Crippen LogP contribution in [-0.2, 0) is 26.3 Å². The van der Waals surface area contributed by atoms with Crippen LogP contribution in [0.3, 0.4) is 0 Å². The van der Waals surface area contributed by atoms with Crippen molar-refractivity contribution in [3.05, 3.63) is 59.5 Å². The van der Waals surface area contributed by atoms with Crippen molar-refractivity contribution in [3.8, 4) is 11.5 Å². The van der Waals surface area contributed by atoms with Crippen molar-refractivity contribution >= 4 is 57.4 Å². The molecule has 35 heavy (non-hydrogen) atoms. The van der Waals surface area contributed by atoms with Crippen molar-refractivity contribution < 1.29 is 18.7 Å². The number of nitrogens with one attached hydrogen (secondary N) is 2. The Balaban J connectivity index is 1.66. The summed E-state index contributed by atoms with van der Waals surface area (Å²) >= 11 is 1.88. The molecule has 5 rings (SSSR count). The van der Waals surface area contributed by atoms with E-state index in [-0.39, 0.29) is 36.4 Å². The van der Waals surface area contributed by atoms with Crippen LogP contribution in [0.5, 0.6) is 0 Å². The average molecular weight is 587 g/mol. The molecule has 0 saturated heterocycles. The van der Waals surface area contributed by atoms with Crippen LogP contribution in [0.25, 0.3) is 22.6 Å². The molecule has 0 radical (unpaired) electrons. The molecule has 4 aromatic rings. The van der Waals surface area contributed by atoms with Gasteiger partial charge in [0.2, 0.25) is 5.91 Å². The first kappa shape index (κ1) is 23.1. The molecule has 0 spiro atoms. The van der Waals surface area contributed by atoms with E-state index in [2.05, 4.69) is 28.9 Å². The van der Waals surface area contributed by atoms with E-state index < -0.39 is 17.3 Å². The molecule has 0 aliphatic carbocycles. The van der Waals surface area contributed by atoms with Gasteiger partial charge in [-0.25, -0.2) is 24.0 Å². The monoisotopic (exact) mass is 587 g/mol. The van der Waals surface area contributed by atoms with Crippen LogP contribution in [0, 0.1) is 5.82 Å². The van der Waals surface area contributed by atoms with Crippen LogP contribution in [0.15, 0.2) is 42.6 Å². The third-order valence-corrected chi connectivity index (χ3v) is 6.38. The fraction of sp³-hybridized carbons (Fsp3) is 0.217. The highest BCUT2D eigenvalue weighted by atomic mass is 127. The van der Waals surface area contributed by atoms with Crippen molar-refractivity contribution in [1.82, 2.24) is 24.7 Å². The second-order valence-electron chi connectivity index (χ2n) is 7.99. The van der Waals surface area contributed by atoms with Gasteiger partial charge >= 0.3 is 5.97 Å². The summed E-state index contributed by atoms with van der Waals surface area (Å²) in [6.07, 6.45) is 1.62. The van der Waals surface area contributed by atoms with E-state index in [0.717, 1.165) is 0 Å². The van der Waals surface area contributed by atoms with Gasteiger partial charge in [0.25, 0.3) is 0 Å². The van der Waals surface area contributed by atoms with Gasteiger partial charge in [-0.05, 0) is 32.0 Å². The standard InChI is InChI=1S/C23H19FIN7O3/c1-3-35-22(34)23(2)15-17(29-21(23)33)27-19(28-18(15)30-25)16-13-8-6-10-26-20(13)32(31-16)11-12-7-4-5-9-14(12)24/h4-10H,3,11H2,1-2H3,(H2,27,28,29,30,33). The fourth-order valence-corrected chi connectivity index (χ4v) is 4.48. The second kappa shape index (κ2) is 8.83. The lowest BCUT2D eigenvalue weighted by Gasteiger charge is -2.21. The summed E-state index contributed by atoms with van der Waals surface area (Å²) < 4.78 is 24.0. The van der Waals surface area contributed by atoms with Gasteiger partial charge in [-0.1, -0.05) is 18.2 Å². The summed E-state index contributed by atoms with van der Waals surface area (Å²) in [5.41, 5.74) is 0.0762. The second-order valence-corrected chi connectivity index (χ2v) is 8.53. The molecule has 10 nitrogen and oxygen atoms in total. The Bertz CT molecular complexity index is 1490. The minimum atomic E-state index is -1.61.